The molecule has 1 aliphatic heterocycles. The molecule has 1 heterocycles. The van der Waals surface area contributed by atoms with Crippen molar-refractivity contribution in [3.8, 4) is 0 Å². The van der Waals surface area contributed by atoms with Gasteiger partial charge in [-0.2, -0.15) is 0 Å². The molecule has 8 heteroatoms. The van der Waals surface area contributed by atoms with Crippen molar-refractivity contribution in [2.24, 2.45) is 4.99 Å². The molecule has 0 aliphatic carbocycles. The van der Waals surface area contributed by atoms with Crippen LogP contribution < -0.4 is 10.6 Å². The molecule has 29 heavy (non-hydrogen) atoms. The first-order valence-corrected chi connectivity index (χ1v) is 9.37. The van der Waals surface area contributed by atoms with Crippen molar-refractivity contribution in [3.05, 3.63) is 70.8 Å². The molecule has 0 spiro atoms. The zero-order valence-corrected chi connectivity index (χ0v) is 18.6. The first-order chi connectivity index (χ1) is 13.6. The van der Waals surface area contributed by atoms with Gasteiger partial charge in [0.15, 0.2) is 5.96 Å². The number of rotatable bonds is 5. The third-order valence-corrected chi connectivity index (χ3v) is 4.65. The molecule has 2 aromatic rings. The Balaban J connectivity index is 0.00000300. The molecule has 0 bridgehead atoms. The highest BCUT2D eigenvalue weighted by Crippen LogP contribution is 2.18. The summed E-state index contributed by atoms with van der Waals surface area (Å²) in [5.41, 5.74) is 2.62. The first-order valence-electron chi connectivity index (χ1n) is 9.37. The summed E-state index contributed by atoms with van der Waals surface area (Å²) in [5.74, 6) is -0.664. The molecule has 2 N–H and O–H groups in total. The normalized spacial score (nSPS) is 13.3. The van der Waals surface area contributed by atoms with Gasteiger partial charge in [0.1, 0.15) is 11.6 Å². The number of hydrogen-bond donors (Lipinski definition) is 2. The molecular formula is C21H25F2IN4O. The minimum atomic E-state index is -0.510. The van der Waals surface area contributed by atoms with Crippen LogP contribution in [0.1, 0.15) is 23.6 Å². The van der Waals surface area contributed by atoms with Gasteiger partial charge < -0.3 is 15.5 Å². The fraction of sp³-hybridized carbons (Fsp3) is 0.333. The molecular weight excluding hydrogens is 489 g/mol. The Kier molecular flexibility index (Phi) is 8.81. The summed E-state index contributed by atoms with van der Waals surface area (Å²) < 4.78 is 27.0. The van der Waals surface area contributed by atoms with Crippen LogP contribution in [0.4, 0.5) is 8.78 Å². The number of benzene rings is 2. The van der Waals surface area contributed by atoms with Gasteiger partial charge in [0.2, 0.25) is 5.91 Å². The van der Waals surface area contributed by atoms with E-state index in [0.717, 1.165) is 24.6 Å². The number of fused-ring (bicyclic) bond motifs is 1. The Hall–Kier alpha value is -2.23. The van der Waals surface area contributed by atoms with Crippen molar-refractivity contribution < 1.29 is 13.6 Å². The van der Waals surface area contributed by atoms with E-state index in [0.29, 0.717) is 25.6 Å². The Morgan fingerprint density at radius 1 is 1.14 bits per heavy atom. The van der Waals surface area contributed by atoms with Gasteiger partial charge in [0, 0.05) is 25.2 Å². The van der Waals surface area contributed by atoms with E-state index in [-0.39, 0.29) is 48.5 Å². The molecule has 0 radical (unpaired) electrons. The summed E-state index contributed by atoms with van der Waals surface area (Å²) in [6, 6.07) is 11.4. The highest BCUT2D eigenvalue weighted by molar-refractivity contribution is 14.0. The van der Waals surface area contributed by atoms with Gasteiger partial charge in [-0.25, -0.2) is 13.8 Å². The lowest BCUT2D eigenvalue weighted by Gasteiger charge is -2.29. The summed E-state index contributed by atoms with van der Waals surface area (Å²) >= 11 is 0. The van der Waals surface area contributed by atoms with Crippen molar-refractivity contribution >= 4 is 35.8 Å². The van der Waals surface area contributed by atoms with E-state index in [1.54, 1.807) is 0 Å². The van der Waals surface area contributed by atoms with Crippen LogP contribution in [0.25, 0.3) is 0 Å². The minimum Gasteiger partial charge on any atom is -0.357 e. The van der Waals surface area contributed by atoms with Crippen LogP contribution in [0.15, 0.2) is 47.5 Å². The zero-order chi connectivity index (χ0) is 19.9. The molecule has 2 aromatic carbocycles. The molecule has 156 valence electrons. The average molecular weight is 514 g/mol. The molecule has 3 rings (SSSR count). The summed E-state index contributed by atoms with van der Waals surface area (Å²) in [6.07, 6.45) is 0.842. The average Bonchev–Trinajstić information content (AvgIpc) is 2.71. The van der Waals surface area contributed by atoms with Gasteiger partial charge in [0.25, 0.3) is 0 Å². The molecule has 0 saturated carbocycles. The van der Waals surface area contributed by atoms with E-state index in [4.69, 9.17) is 0 Å². The number of nitrogens with one attached hydrogen (secondary N) is 2. The molecule has 1 aliphatic rings. The van der Waals surface area contributed by atoms with Gasteiger partial charge in [-0.1, -0.05) is 24.3 Å². The van der Waals surface area contributed by atoms with Gasteiger partial charge in [-0.15, -0.1) is 24.0 Å². The lowest BCUT2D eigenvalue weighted by Crippen LogP contribution is -2.46. The topological polar surface area (TPSA) is 56.7 Å². The Morgan fingerprint density at radius 2 is 1.90 bits per heavy atom. The van der Waals surface area contributed by atoms with Crippen LogP contribution in [-0.2, 0) is 24.3 Å². The van der Waals surface area contributed by atoms with Crippen LogP contribution in [0.2, 0.25) is 0 Å². The lowest BCUT2D eigenvalue weighted by molar-refractivity contribution is -0.130. The number of aliphatic imine (C=N–C) groups is 1. The van der Waals surface area contributed by atoms with E-state index in [9.17, 15) is 13.6 Å². The van der Waals surface area contributed by atoms with Crippen molar-refractivity contribution in [1.82, 2.24) is 15.5 Å². The zero-order valence-electron chi connectivity index (χ0n) is 16.3. The molecule has 0 unspecified atom stereocenters. The lowest BCUT2D eigenvalue weighted by atomic mass is 10.00. The molecule has 0 atom stereocenters. The quantitative estimate of drug-likeness (QED) is 0.366. The van der Waals surface area contributed by atoms with E-state index in [2.05, 4.69) is 21.7 Å². The van der Waals surface area contributed by atoms with Gasteiger partial charge in [0.05, 0.1) is 13.1 Å². The largest absolute Gasteiger partial charge is 0.357 e. The number of halogens is 3. The van der Waals surface area contributed by atoms with Crippen molar-refractivity contribution in [1.29, 1.82) is 0 Å². The molecule has 0 saturated heterocycles. The second-order valence-electron chi connectivity index (χ2n) is 6.62. The second kappa shape index (κ2) is 11.1. The predicted octanol–water partition coefficient (Wildman–Crippen LogP) is 3.22. The second-order valence-corrected chi connectivity index (χ2v) is 6.62. The fourth-order valence-electron chi connectivity index (χ4n) is 3.15. The smallest absolute Gasteiger partial charge is 0.242 e. The van der Waals surface area contributed by atoms with Crippen LogP contribution in [0.5, 0.6) is 0 Å². The molecule has 0 fully saturated rings. The van der Waals surface area contributed by atoms with Crippen LogP contribution in [-0.4, -0.2) is 36.4 Å². The SMILES string of the molecule is CCNC(=NCc1cc(F)ccc1F)NCC(=O)N1CCc2ccccc2C1.I. The highest BCUT2D eigenvalue weighted by atomic mass is 127. The Labute approximate surface area is 186 Å². The number of amides is 1. The van der Waals surface area contributed by atoms with E-state index in [1.807, 2.05) is 30.0 Å². The molecule has 0 aromatic heterocycles. The fourth-order valence-corrected chi connectivity index (χ4v) is 3.15. The van der Waals surface area contributed by atoms with E-state index in [1.165, 1.54) is 11.1 Å². The maximum Gasteiger partial charge on any atom is 0.242 e. The van der Waals surface area contributed by atoms with Gasteiger partial charge in [-0.05, 0) is 42.7 Å². The Bertz CT molecular complexity index is 876. The predicted molar refractivity (Wildman–Crippen MR) is 120 cm³/mol. The standard InChI is InChI=1S/C21H24F2N4O.HI/c1-2-24-21(25-12-17-11-18(22)7-8-19(17)23)26-13-20(28)27-10-9-15-5-3-4-6-16(15)14-27;/h3-8,11H,2,9-10,12-14H2,1H3,(H2,24,25,26);1H. The summed E-state index contributed by atoms with van der Waals surface area (Å²) in [6.45, 7) is 3.81. The van der Waals surface area contributed by atoms with Crippen LogP contribution in [0.3, 0.4) is 0 Å². The Morgan fingerprint density at radius 3 is 2.66 bits per heavy atom. The number of carbonyl (C=O) groups is 1. The summed E-state index contributed by atoms with van der Waals surface area (Å²) in [4.78, 5) is 18.6. The monoisotopic (exact) mass is 514 g/mol. The van der Waals surface area contributed by atoms with E-state index < -0.39 is 11.6 Å². The summed E-state index contributed by atoms with van der Waals surface area (Å²) in [5, 5.41) is 5.99. The number of guanidine groups is 1. The highest BCUT2D eigenvalue weighted by Gasteiger charge is 2.20. The minimum absolute atomic E-state index is 0. The van der Waals surface area contributed by atoms with Crippen LogP contribution in [0, 0.1) is 11.6 Å². The maximum atomic E-state index is 13.7. The summed E-state index contributed by atoms with van der Waals surface area (Å²) in [7, 11) is 0. The van der Waals surface area contributed by atoms with Crippen molar-refractivity contribution in [2.75, 3.05) is 19.6 Å². The number of nitrogens with zero attached hydrogens (tertiary/aromatic N) is 2. The molecule has 1 amide bonds. The van der Waals surface area contributed by atoms with Crippen molar-refractivity contribution in [3.63, 3.8) is 0 Å². The molecule has 5 nitrogen and oxygen atoms in total. The first kappa shape index (κ1) is 23.1. The maximum absolute atomic E-state index is 13.7. The van der Waals surface area contributed by atoms with Gasteiger partial charge in [-0.3, -0.25) is 4.79 Å². The van der Waals surface area contributed by atoms with Crippen LogP contribution >= 0.6 is 24.0 Å². The number of hydrogen-bond acceptors (Lipinski definition) is 2. The third-order valence-electron chi connectivity index (χ3n) is 4.65. The van der Waals surface area contributed by atoms with Gasteiger partial charge >= 0.3 is 0 Å². The van der Waals surface area contributed by atoms with E-state index >= 15 is 0 Å². The third kappa shape index (κ3) is 6.38. The van der Waals surface area contributed by atoms with Crippen molar-refractivity contribution in [2.45, 2.75) is 26.4 Å². The number of carbonyl (C=O) groups excluding carboxylic acids is 1.